The zero-order valence-electron chi connectivity index (χ0n) is 21.5. The second-order valence-electron chi connectivity index (χ2n) is 10.3. The van der Waals surface area contributed by atoms with Gasteiger partial charge in [-0.25, -0.2) is 4.79 Å². The summed E-state index contributed by atoms with van der Waals surface area (Å²) < 4.78 is 5.61. The van der Waals surface area contributed by atoms with Crippen LogP contribution in [0.1, 0.15) is 59.9 Å². The number of carbonyl (C=O) groups excluding carboxylic acids is 2. The number of amides is 1. The van der Waals surface area contributed by atoms with E-state index in [2.05, 4.69) is 31.3 Å². The first-order valence-electron chi connectivity index (χ1n) is 12.9. The molecule has 3 aromatic rings. The molecule has 2 atom stereocenters. The van der Waals surface area contributed by atoms with Crippen molar-refractivity contribution >= 4 is 30.0 Å². The Hall–Kier alpha value is -3.15. The largest absolute Gasteiger partial charge is 0.425 e. The van der Waals surface area contributed by atoms with Crippen LogP contribution in [0.4, 0.5) is 5.69 Å². The van der Waals surface area contributed by atoms with Crippen molar-refractivity contribution in [3.8, 4) is 5.75 Å². The van der Waals surface area contributed by atoms with Crippen LogP contribution < -0.4 is 15.8 Å². The molecule has 0 bridgehead atoms. The van der Waals surface area contributed by atoms with Gasteiger partial charge in [0.1, 0.15) is 17.2 Å². The predicted octanol–water partition coefficient (Wildman–Crippen LogP) is 6.02. The zero-order chi connectivity index (χ0) is 25.3. The van der Waals surface area contributed by atoms with E-state index in [-0.39, 0.29) is 24.2 Å². The molecule has 1 aliphatic heterocycles. The third-order valence-electron chi connectivity index (χ3n) is 8.10. The molecule has 1 amide bonds. The fourth-order valence-corrected chi connectivity index (χ4v) is 6.03. The van der Waals surface area contributed by atoms with Crippen LogP contribution in [0.3, 0.4) is 0 Å². The normalized spacial score (nSPS) is 19.9. The molecule has 1 aliphatic carbocycles. The predicted molar refractivity (Wildman–Crippen MR) is 149 cm³/mol. The SMILES string of the molecule is Cc1ccc2c(c1C)NC(=O)C2(c1ccc(OC(=O)[C@@H](N)Cc2ccccc2)cc1)C1CCCCC1.Cl. The lowest BCUT2D eigenvalue weighted by molar-refractivity contribution is -0.135. The van der Waals surface area contributed by atoms with Gasteiger partial charge in [-0.2, -0.15) is 0 Å². The lowest BCUT2D eigenvalue weighted by atomic mass is 9.62. The van der Waals surface area contributed by atoms with Gasteiger partial charge in [0.25, 0.3) is 0 Å². The Bertz CT molecular complexity index is 1270. The summed E-state index contributed by atoms with van der Waals surface area (Å²) in [7, 11) is 0. The summed E-state index contributed by atoms with van der Waals surface area (Å²) >= 11 is 0. The topological polar surface area (TPSA) is 81.4 Å². The Kier molecular flexibility index (Phi) is 8.05. The van der Waals surface area contributed by atoms with E-state index in [9.17, 15) is 9.59 Å². The first-order chi connectivity index (χ1) is 17.4. The number of halogens is 1. The van der Waals surface area contributed by atoms with Crippen molar-refractivity contribution in [2.45, 2.75) is 63.8 Å². The first-order valence-corrected chi connectivity index (χ1v) is 12.9. The van der Waals surface area contributed by atoms with E-state index in [1.165, 1.54) is 12.0 Å². The number of nitrogens with one attached hydrogen (secondary N) is 1. The van der Waals surface area contributed by atoms with E-state index in [0.717, 1.165) is 53.6 Å². The summed E-state index contributed by atoms with van der Waals surface area (Å²) in [5.41, 5.74) is 11.6. The van der Waals surface area contributed by atoms with E-state index in [1.54, 1.807) is 12.1 Å². The monoisotopic (exact) mass is 518 g/mol. The molecule has 2 aliphatic rings. The van der Waals surface area contributed by atoms with Gasteiger partial charge in [-0.3, -0.25) is 4.79 Å². The molecule has 5 nitrogen and oxygen atoms in total. The van der Waals surface area contributed by atoms with Gasteiger partial charge >= 0.3 is 5.97 Å². The van der Waals surface area contributed by atoms with Gasteiger partial charge < -0.3 is 15.8 Å². The Morgan fingerprint density at radius 3 is 2.35 bits per heavy atom. The lowest BCUT2D eigenvalue weighted by Crippen LogP contribution is -2.43. The zero-order valence-corrected chi connectivity index (χ0v) is 22.3. The second kappa shape index (κ2) is 11.1. The van der Waals surface area contributed by atoms with E-state index in [0.29, 0.717) is 12.2 Å². The number of hydrogen-bond donors (Lipinski definition) is 2. The van der Waals surface area contributed by atoms with Crippen LogP contribution in [0, 0.1) is 19.8 Å². The number of benzene rings is 3. The number of esters is 1. The lowest BCUT2D eigenvalue weighted by Gasteiger charge is -2.39. The molecule has 1 saturated carbocycles. The average Bonchev–Trinajstić information content (AvgIpc) is 3.21. The smallest absolute Gasteiger partial charge is 0.328 e. The quantitative estimate of drug-likeness (QED) is 0.309. The molecule has 194 valence electrons. The minimum atomic E-state index is -0.751. The number of carbonyl (C=O) groups is 2. The summed E-state index contributed by atoms with van der Waals surface area (Å²) in [5, 5.41) is 3.24. The van der Waals surface area contributed by atoms with Crippen LogP contribution in [0.5, 0.6) is 5.75 Å². The van der Waals surface area contributed by atoms with Gasteiger partial charge in [-0.1, -0.05) is 73.9 Å². The first kappa shape index (κ1) is 26.9. The average molecular weight is 519 g/mol. The Morgan fingerprint density at radius 2 is 1.68 bits per heavy atom. The highest BCUT2D eigenvalue weighted by molar-refractivity contribution is 6.10. The van der Waals surface area contributed by atoms with Gasteiger partial charge in [0.2, 0.25) is 5.91 Å². The molecular weight excluding hydrogens is 484 g/mol. The van der Waals surface area contributed by atoms with Crippen molar-refractivity contribution in [1.29, 1.82) is 0 Å². The van der Waals surface area contributed by atoms with E-state index < -0.39 is 17.4 Å². The van der Waals surface area contributed by atoms with Crippen molar-refractivity contribution in [2.24, 2.45) is 11.7 Å². The molecule has 0 spiro atoms. The van der Waals surface area contributed by atoms with Gasteiger partial charge in [-0.05, 0) is 79.0 Å². The maximum Gasteiger partial charge on any atom is 0.328 e. The number of aryl methyl sites for hydroxylation is 1. The molecule has 3 aromatic carbocycles. The maximum absolute atomic E-state index is 13.8. The van der Waals surface area contributed by atoms with Crippen LogP contribution in [0.25, 0.3) is 0 Å². The number of ether oxygens (including phenoxy) is 1. The highest BCUT2D eigenvalue weighted by Gasteiger charge is 2.53. The molecule has 0 saturated heterocycles. The van der Waals surface area contributed by atoms with Crippen LogP contribution >= 0.6 is 12.4 Å². The third-order valence-corrected chi connectivity index (χ3v) is 8.10. The molecule has 1 unspecified atom stereocenters. The van der Waals surface area contributed by atoms with E-state index in [4.69, 9.17) is 10.5 Å². The van der Waals surface area contributed by atoms with Gasteiger partial charge in [0.15, 0.2) is 0 Å². The molecule has 37 heavy (non-hydrogen) atoms. The number of hydrogen-bond acceptors (Lipinski definition) is 4. The standard InChI is InChI=1S/C31H34N2O3.ClH/c1-20-13-18-26-28(21(20)2)33-30(35)31(26,23-11-7-4-8-12-23)24-14-16-25(17-15-24)36-29(34)27(32)19-22-9-5-3-6-10-22;/h3,5-6,9-10,13-18,23,27H,4,7-8,11-12,19,32H2,1-2H3,(H,33,35);1H/t27-,31?;/m0./s1. The third kappa shape index (κ3) is 4.90. The van der Waals surface area contributed by atoms with Crippen molar-refractivity contribution < 1.29 is 14.3 Å². The Morgan fingerprint density at radius 1 is 1.00 bits per heavy atom. The summed E-state index contributed by atoms with van der Waals surface area (Å²) in [6, 6.07) is 20.6. The van der Waals surface area contributed by atoms with Crippen molar-refractivity contribution in [3.05, 3.63) is 94.5 Å². The highest BCUT2D eigenvalue weighted by atomic mass is 35.5. The molecule has 1 heterocycles. The second-order valence-corrected chi connectivity index (χ2v) is 10.3. The molecule has 6 heteroatoms. The molecular formula is C31H35ClN2O3. The van der Waals surface area contributed by atoms with Gasteiger partial charge in [0, 0.05) is 5.69 Å². The Labute approximate surface area is 225 Å². The molecule has 5 rings (SSSR count). The van der Waals surface area contributed by atoms with Gasteiger partial charge in [-0.15, -0.1) is 12.4 Å². The fourth-order valence-electron chi connectivity index (χ4n) is 6.03. The van der Waals surface area contributed by atoms with Crippen molar-refractivity contribution in [2.75, 3.05) is 5.32 Å². The minimum Gasteiger partial charge on any atom is -0.425 e. The Balaban J connectivity index is 0.00000320. The van der Waals surface area contributed by atoms with E-state index >= 15 is 0 Å². The maximum atomic E-state index is 13.8. The number of fused-ring (bicyclic) bond motifs is 1. The fraction of sp³-hybridized carbons (Fsp3) is 0.355. The minimum absolute atomic E-state index is 0. The summed E-state index contributed by atoms with van der Waals surface area (Å²) in [4.78, 5) is 26.5. The number of nitrogens with two attached hydrogens (primary N) is 1. The number of rotatable bonds is 6. The summed E-state index contributed by atoms with van der Waals surface area (Å²) in [6.07, 6.45) is 5.93. The molecule has 1 fully saturated rings. The number of anilines is 1. The van der Waals surface area contributed by atoms with Crippen molar-refractivity contribution in [1.82, 2.24) is 0 Å². The van der Waals surface area contributed by atoms with Crippen LogP contribution in [0.15, 0.2) is 66.7 Å². The molecule has 0 aromatic heterocycles. The van der Waals surface area contributed by atoms with Crippen LogP contribution in [0.2, 0.25) is 0 Å². The summed E-state index contributed by atoms with van der Waals surface area (Å²) in [6.45, 7) is 4.15. The molecule has 0 radical (unpaired) electrons. The van der Waals surface area contributed by atoms with Crippen LogP contribution in [-0.2, 0) is 21.4 Å². The van der Waals surface area contributed by atoms with Crippen LogP contribution in [-0.4, -0.2) is 17.9 Å². The molecule has 3 N–H and O–H groups in total. The van der Waals surface area contributed by atoms with Gasteiger partial charge in [0.05, 0.1) is 0 Å². The van der Waals surface area contributed by atoms with E-state index in [1.807, 2.05) is 42.5 Å². The van der Waals surface area contributed by atoms with Crippen molar-refractivity contribution in [3.63, 3.8) is 0 Å². The highest BCUT2D eigenvalue weighted by Crippen LogP contribution is 2.53. The summed E-state index contributed by atoms with van der Waals surface area (Å²) in [5.74, 6) is 0.239.